The predicted octanol–water partition coefficient (Wildman–Crippen LogP) is 2.19. The van der Waals surface area contributed by atoms with Crippen molar-refractivity contribution in [3.63, 3.8) is 0 Å². The number of pyridine rings is 1. The van der Waals surface area contributed by atoms with Gasteiger partial charge in [-0.15, -0.1) is 0 Å². The molecule has 0 aliphatic carbocycles. The smallest absolute Gasteiger partial charge is 0.127 e. The van der Waals surface area contributed by atoms with Crippen LogP contribution in [0.15, 0.2) is 24.4 Å². The second-order valence-electron chi connectivity index (χ2n) is 6.69. The molecule has 2 aromatic rings. The van der Waals surface area contributed by atoms with Gasteiger partial charge in [-0.3, -0.25) is 9.58 Å². The van der Waals surface area contributed by atoms with E-state index in [1.807, 2.05) is 32.1 Å². The first-order valence-electron chi connectivity index (χ1n) is 8.66. The van der Waals surface area contributed by atoms with Gasteiger partial charge < -0.3 is 10.0 Å². The molecule has 0 saturated heterocycles. The second kappa shape index (κ2) is 7.32. The fourth-order valence-corrected chi connectivity index (χ4v) is 3.09. The van der Waals surface area contributed by atoms with Gasteiger partial charge in [-0.1, -0.05) is 13.0 Å². The average molecular weight is 329 g/mol. The molecule has 0 radical (unpaired) electrons. The van der Waals surface area contributed by atoms with E-state index in [0.717, 1.165) is 44.1 Å². The molecule has 3 rings (SSSR count). The number of aryl methyl sites for hydroxylation is 1. The lowest BCUT2D eigenvalue weighted by molar-refractivity contribution is 0.167. The molecule has 0 saturated carbocycles. The number of anilines is 1. The molecular formula is C18H27N5O. The number of hydrogen-bond acceptors (Lipinski definition) is 5. The number of nitrogens with zero attached hydrogens (tertiary/aromatic N) is 5. The maximum Gasteiger partial charge on any atom is 0.127 e. The third kappa shape index (κ3) is 3.76. The third-order valence-electron chi connectivity index (χ3n) is 4.51. The molecular weight excluding hydrogens is 302 g/mol. The minimum Gasteiger partial charge on any atom is -0.387 e. The summed E-state index contributed by atoms with van der Waals surface area (Å²) in [6, 6.07) is 6.27. The normalized spacial score (nSPS) is 16.5. The van der Waals surface area contributed by atoms with Crippen molar-refractivity contribution in [1.82, 2.24) is 19.7 Å². The van der Waals surface area contributed by atoms with Crippen molar-refractivity contribution >= 4 is 5.82 Å². The molecule has 3 heterocycles. The van der Waals surface area contributed by atoms with Crippen LogP contribution in [-0.4, -0.2) is 45.4 Å². The lowest BCUT2D eigenvalue weighted by Crippen LogP contribution is -2.23. The molecule has 1 unspecified atom stereocenters. The van der Waals surface area contributed by atoms with E-state index in [1.165, 1.54) is 11.3 Å². The Kier molecular flexibility index (Phi) is 5.16. The summed E-state index contributed by atoms with van der Waals surface area (Å²) in [5, 5.41) is 14.6. The van der Waals surface area contributed by atoms with Crippen molar-refractivity contribution in [3.8, 4) is 0 Å². The van der Waals surface area contributed by atoms with E-state index in [9.17, 15) is 5.11 Å². The van der Waals surface area contributed by atoms with E-state index in [0.29, 0.717) is 6.42 Å². The second-order valence-corrected chi connectivity index (χ2v) is 6.69. The number of aliphatic hydroxyl groups is 1. The van der Waals surface area contributed by atoms with E-state index < -0.39 is 6.10 Å². The molecule has 0 aromatic carbocycles. The molecule has 1 aliphatic heterocycles. The topological polar surface area (TPSA) is 57.4 Å². The minimum absolute atomic E-state index is 0.458. The Morgan fingerprint density at radius 1 is 1.29 bits per heavy atom. The van der Waals surface area contributed by atoms with Crippen LogP contribution in [-0.2, 0) is 19.6 Å². The number of rotatable bonds is 5. The minimum atomic E-state index is -0.458. The molecule has 0 amide bonds. The molecule has 24 heavy (non-hydrogen) atoms. The SMILES string of the molecule is CCC(O)c1cc2n(n1)CCCN(Cc1ccc(N(C)C)nc1)C2. The zero-order valence-electron chi connectivity index (χ0n) is 14.8. The quantitative estimate of drug-likeness (QED) is 0.911. The van der Waals surface area contributed by atoms with Crippen LogP contribution < -0.4 is 4.90 Å². The van der Waals surface area contributed by atoms with E-state index in [-0.39, 0.29) is 0 Å². The van der Waals surface area contributed by atoms with Crippen molar-refractivity contribution in [2.24, 2.45) is 0 Å². The first kappa shape index (κ1) is 16.9. The zero-order chi connectivity index (χ0) is 17.1. The van der Waals surface area contributed by atoms with Crippen LogP contribution in [0.4, 0.5) is 5.82 Å². The van der Waals surface area contributed by atoms with Crippen molar-refractivity contribution in [3.05, 3.63) is 41.3 Å². The Balaban J connectivity index is 1.70. The Morgan fingerprint density at radius 3 is 2.79 bits per heavy atom. The Labute approximate surface area is 143 Å². The highest BCUT2D eigenvalue weighted by Gasteiger charge is 2.19. The summed E-state index contributed by atoms with van der Waals surface area (Å²) in [4.78, 5) is 8.93. The van der Waals surface area contributed by atoms with Gasteiger partial charge in [-0.2, -0.15) is 5.10 Å². The lowest BCUT2D eigenvalue weighted by atomic mass is 10.2. The number of hydrogen-bond donors (Lipinski definition) is 1. The molecule has 130 valence electrons. The van der Waals surface area contributed by atoms with Crippen LogP contribution in [0.5, 0.6) is 0 Å². The summed E-state index contributed by atoms with van der Waals surface area (Å²) in [5.41, 5.74) is 3.21. The number of aromatic nitrogens is 3. The fourth-order valence-electron chi connectivity index (χ4n) is 3.09. The monoisotopic (exact) mass is 329 g/mol. The zero-order valence-corrected chi connectivity index (χ0v) is 14.8. The van der Waals surface area contributed by atoms with Gasteiger partial charge in [0.15, 0.2) is 0 Å². The van der Waals surface area contributed by atoms with Gasteiger partial charge in [0.2, 0.25) is 0 Å². The molecule has 1 aliphatic rings. The summed E-state index contributed by atoms with van der Waals surface area (Å²) in [6.07, 6.45) is 3.27. The largest absolute Gasteiger partial charge is 0.387 e. The summed E-state index contributed by atoms with van der Waals surface area (Å²) in [7, 11) is 4.00. The molecule has 1 N–H and O–H groups in total. The molecule has 6 heteroatoms. The summed E-state index contributed by atoms with van der Waals surface area (Å²) < 4.78 is 2.06. The maximum absolute atomic E-state index is 10.0. The highest BCUT2D eigenvalue weighted by atomic mass is 16.3. The van der Waals surface area contributed by atoms with Gasteiger partial charge >= 0.3 is 0 Å². The van der Waals surface area contributed by atoms with Crippen LogP contribution in [0.3, 0.4) is 0 Å². The van der Waals surface area contributed by atoms with Gasteiger partial charge in [0.05, 0.1) is 17.5 Å². The summed E-state index contributed by atoms with van der Waals surface area (Å²) >= 11 is 0. The van der Waals surface area contributed by atoms with Crippen LogP contribution in [0.2, 0.25) is 0 Å². The highest BCUT2D eigenvalue weighted by molar-refractivity contribution is 5.37. The summed E-state index contributed by atoms with van der Waals surface area (Å²) in [6.45, 7) is 5.69. The lowest BCUT2D eigenvalue weighted by Gasteiger charge is -2.20. The molecule has 1 atom stereocenters. The van der Waals surface area contributed by atoms with Crippen LogP contribution in [0.25, 0.3) is 0 Å². The maximum atomic E-state index is 10.0. The Hall–Kier alpha value is -1.92. The number of fused-ring (bicyclic) bond motifs is 1. The molecule has 6 nitrogen and oxygen atoms in total. The molecule has 0 bridgehead atoms. The first-order valence-corrected chi connectivity index (χ1v) is 8.66. The van der Waals surface area contributed by atoms with Crippen molar-refractivity contribution in [2.45, 2.75) is 45.5 Å². The predicted molar refractivity (Wildman–Crippen MR) is 94.8 cm³/mol. The van der Waals surface area contributed by atoms with E-state index in [4.69, 9.17) is 0 Å². The summed E-state index contributed by atoms with van der Waals surface area (Å²) in [5.74, 6) is 0.978. The van der Waals surface area contributed by atoms with Gasteiger partial charge in [-0.25, -0.2) is 4.98 Å². The fraction of sp³-hybridized carbons (Fsp3) is 0.556. The number of aliphatic hydroxyl groups excluding tert-OH is 1. The molecule has 0 spiro atoms. The van der Waals surface area contributed by atoms with Crippen LogP contribution in [0.1, 0.15) is 42.8 Å². The van der Waals surface area contributed by atoms with Crippen molar-refractivity contribution in [2.75, 3.05) is 25.5 Å². The van der Waals surface area contributed by atoms with Crippen molar-refractivity contribution < 1.29 is 5.11 Å². The average Bonchev–Trinajstić information content (AvgIpc) is 2.88. The molecule has 0 fully saturated rings. The van der Waals surface area contributed by atoms with E-state index >= 15 is 0 Å². The van der Waals surface area contributed by atoms with Crippen LogP contribution in [0, 0.1) is 0 Å². The Bertz CT molecular complexity index is 665. The van der Waals surface area contributed by atoms with Crippen molar-refractivity contribution in [1.29, 1.82) is 0 Å². The highest BCUT2D eigenvalue weighted by Crippen LogP contribution is 2.21. The van der Waals surface area contributed by atoms with Gasteiger partial charge in [0.1, 0.15) is 5.82 Å². The van der Waals surface area contributed by atoms with E-state index in [1.54, 1.807) is 0 Å². The standard InChI is InChI=1S/C18H27N5O/c1-4-17(24)16-10-15-13-22(8-5-9-23(15)20-16)12-14-6-7-18(19-11-14)21(2)3/h6-7,10-11,17,24H,4-5,8-9,12-13H2,1-3H3. The van der Waals surface area contributed by atoms with E-state index in [2.05, 4.69) is 37.9 Å². The van der Waals surface area contributed by atoms with Crippen LogP contribution >= 0.6 is 0 Å². The molecule has 2 aromatic heterocycles. The van der Waals surface area contributed by atoms with Gasteiger partial charge in [-0.05, 0) is 30.5 Å². The third-order valence-corrected chi connectivity index (χ3v) is 4.51. The first-order chi connectivity index (χ1) is 11.6. The van der Waals surface area contributed by atoms with Gasteiger partial charge in [0, 0.05) is 46.5 Å². The van der Waals surface area contributed by atoms with Gasteiger partial charge in [0.25, 0.3) is 0 Å². The Morgan fingerprint density at radius 2 is 2.12 bits per heavy atom.